The van der Waals surface area contributed by atoms with Crippen LogP contribution in [0.4, 0.5) is 5.69 Å². The minimum absolute atomic E-state index is 0.186. The second-order valence-electron chi connectivity index (χ2n) is 4.34. The van der Waals surface area contributed by atoms with E-state index in [4.69, 9.17) is 0 Å². The molecule has 2 aliphatic heterocycles. The van der Waals surface area contributed by atoms with Gasteiger partial charge in [0.05, 0.1) is 5.41 Å². The molecule has 15 heavy (non-hydrogen) atoms. The highest BCUT2D eigenvalue weighted by Crippen LogP contribution is 2.41. The number of benzene rings is 1. The maximum Gasteiger partial charge on any atom is 0.232 e. The number of piperidine rings is 1. The van der Waals surface area contributed by atoms with E-state index < -0.39 is 0 Å². The molecule has 1 atom stereocenters. The van der Waals surface area contributed by atoms with Gasteiger partial charge in [-0.2, -0.15) is 0 Å². The zero-order valence-electron chi connectivity index (χ0n) is 8.55. The summed E-state index contributed by atoms with van der Waals surface area (Å²) in [4.78, 5) is 12.0. The molecule has 1 saturated heterocycles. The lowest BCUT2D eigenvalue weighted by Gasteiger charge is -2.32. The summed E-state index contributed by atoms with van der Waals surface area (Å²) >= 11 is 0. The highest BCUT2D eigenvalue weighted by atomic mass is 16.2. The summed E-state index contributed by atoms with van der Waals surface area (Å²) in [5, 5.41) is 6.31. The first-order chi connectivity index (χ1) is 7.33. The topological polar surface area (TPSA) is 41.1 Å². The van der Waals surface area contributed by atoms with Crippen LogP contribution in [0.15, 0.2) is 24.3 Å². The van der Waals surface area contributed by atoms with E-state index in [0.717, 1.165) is 31.6 Å². The second kappa shape index (κ2) is 2.99. The Balaban J connectivity index is 2.11. The summed E-state index contributed by atoms with van der Waals surface area (Å²) in [5.74, 6) is 0.186. The number of para-hydroxylation sites is 1. The number of rotatable bonds is 0. The predicted octanol–water partition coefficient (Wildman–Crippen LogP) is 1.26. The molecule has 0 saturated carbocycles. The fourth-order valence-electron chi connectivity index (χ4n) is 2.70. The summed E-state index contributed by atoms with van der Waals surface area (Å²) in [6, 6.07) is 8.13. The number of anilines is 1. The maximum atomic E-state index is 12.0. The van der Waals surface area contributed by atoms with Gasteiger partial charge in [-0.1, -0.05) is 18.2 Å². The van der Waals surface area contributed by atoms with Gasteiger partial charge in [-0.25, -0.2) is 0 Å². The van der Waals surface area contributed by atoms with E-state index in [0.29, 0.717) is 0 Å². The summed E-state index contributed by atoms with van der Waals surface area (Å²) in [7, 11) is 0. The third-order valence-corrected chi connectivity index (χ3v) is 3.52. The molecule has 1 aromatic rings. The Kier molecular flexibility index (Phi) is 1.75. The second-order valence-corrected chi connectivity index (χ2v) is 4.34. The van der Waals surface area contributed by atoms with Crippen LogP contribution >= 0.6 is 0 Å². The van der Waals surface area contributed by atoms with Gasteiger partial charge < -0.3 is 10.6 Å². The zero-order valence-corrected chi connectivity index (χ0v) is 8.55. The maximum absolute atomic E-state index is 12.0. The Morgan fingerprint density at radius 2 is 2.07 bits per heavy atom. The lowest BCUT2D eigenvalue weighted by atomic mass is 9.75. The first-order valence-corrected chi connectivity index (χ1v) is 5.45. The number of hydrogen-bond donors (Lipinski definition) is 2. The lowest BCUT2D eigenvalue weighted by molar-refractivity contribution is -0.127. The van der Waals surface area contributed by atoms with Crippen LogP contribution in [-0.4, -0.2) is 19.0 Å². The van der Waals surface area contributed by atoms with Gasteiger partial charge in [0.15, 0.2) is 0 Å². The van der Waals surface area contributed by atoms with Gasteiger partial charge in [0, 0.05) is 18.8 Å². The van der Waals surface area contributed by atoms with Gasteiger partial charge in [-0.3, -0.25) is 4.79 Å². The van der Waals surface area contributed by atoms with Gasteiger partial charge in [0.1, 0.15) is 0 Å². The van der Waals surface area contributed by atoms with Crippen LogP contribution in [-0.2, 0) is 10.2 Å². The first-order valence-electron chi connectivity index (χ1n) is 5.45. The molecule has 1 fully saturated rings. The minimum atomic E-state index is -0.297. The fraction of sp³-hybridized carbons (Fsp3) is 0.417. The quantitative estimate of drug-likeness (QED) is 0.665. The zero-order chi connectivity index (χ0) is 10.3. The summed E-state index contributed by atoms with van der Waals surface area (Å²) in [5.41, 5.74) is 1.99. The van der Waals surface area contributed by atoms with Gasteiger partial charge in [-0.05, 0) is 24.5 Å². The first kappa shape index (κ1) is 8.77. The molecule has 2 aliphatic rings. The molecule has 3 heteroatoms. The Bertz CT molecular complexity index is 412. The number of carbonyl (C=O) groups excluding carboxylic acids is 1. The van der Waals surface area contributed by atoms with Crippen LogP contribution in [0.5, 0.6) is 0 Å². The van der Waals surface area contributed by atoms with Crippen molar-refractivity contribution in [2.24, 2.45) is 0 Å². The number of fused-ring (bicyclic) bond motifs is 2. The number of carbonyl (C=O) groups is 1. The summed E-state index contributed by atoms with van der Waals surface area (Å²) in [6.45, 7) is 1.57. The van der Waals surface area contributed by atoms with E-state index in [9.17, 15) is 4.79 Å². The van der Waals surface area contributed by atoms with E-state index in [2.05, 4.69) is 16.7 Å². The molecule has 1 spiro atoms. The van der Waals surface area contributed by atoms with Crippen LogP contribution in [0.3, 0.4) is 0 Å². The molecule has 0 radical (unpaired) electrons. The largest absolute Gasteiger partial charge is 0.383 e. The van der Waals surface area contributed by atoms with Gasteiger partial charge in [0.25, 0.3) is 0 Å². The van der Waals surface area contributed by atoms with Crippen molar-refractivity contribution >= 4 is 11.6 Å². The van der Waals surface area contributed by atoms with Crippen LogP contribution in [0.1, 0.15) is 18.4 Å². The van der Waals surface area contributed by atoms with E-state index in [-0.39, 0.29) is 11.3 Å². The van der Waals surface area contributed by atoms with Crippen molar-refractivity contribution in [2.45, 2.75) is 18.3 Å². The standard InChI is InChI=1S/C12H14N2O/c15-11-12(6-3-7-13-11)8-14-10-5-2-1-4-9(10)12/h1-2,4-5,14H,3,6-8H2,(H,13,15). The smallest absolute Gasteiger partial charge is 0.232 e. The van der Waals surface area contributed by atoms with Gasteiger partial charge >= 0.3 is 0 Å². The van der Waals surface area contributed by atoms with E-state index >= 15 is 0 Å². The summed E-state index contributed by atoms with van der Waals surface area (Å²) < 4.78 is 0. The highest BCUT2D eigenvalue weighted by Gasteiger charge is 2.46. The van der Waals surface area contributed by atoms with Gasteiger partial charge in [0.2, 0.25) is 5.91 Å². The molecular formula is C12H14N2O. The van der Waals surface area contributed by atoms with Crippen molar-refractivity contribution in [2.75, 3.05) is 18.4 Å². The number of hydrogen-bond acceptors (Lipinski definition) is 2. The fourth-order valence-corrected chi connectivity index (χ4v) is 2.70. The van der Waals surface area contributed by atoms with Crippen LogP contribution in [0, 0.1) is 0 Å². The van der Waals surface area contributed by atoms with Crippen molar-refractivity contribution in [1.82, 2.24) is 5.32 Å². The SMILES string of the molecule is O=C1NCCCC12CNc1ccccc12. The third-order valence-electron chi connectivity index (χ3n) is 3.52. The Labute approximate surface area is 88.9 Å². The van der Waals surface area contributed by atoms with E-state index in [1.54, 1.807) is 0 Å². The molecule has 0 aromatic heterocycles. The average molecular weight is 202 g/mol. The normalized spacial score (nSPS) is 28.4. The van der Waals surface area contributed by atoms with E-state index in [1.165, 1.54) is 5.56 Å². The molecule has 78 valence electrons. The predicted molar refractivity (Wildman–Crippen MR) is 58.9 cm³/mol. The van der Waals surface area contributed by atoms with Crippen molar-refractivity contribution in [3.63, 3.8) is 0 Å². The van der Waals surface area contributed by atoms with Crippen molar-refractivity contribution in [1.29, 1.82) is 0 Å². The number of nitrogens with one attached hydrogen (secondary N) is 2. The molecule has 1 aromatic carbocycles. The minimum Gasteiger partial charge on any atom is -0.383 e. The molecule has 2 N–H and O–H groups in total. The van der Waals surface area contributed by atoms with Crippen molar-refractivity contribution in [3.05, 3.63) is 29.8 Å². The molecule has 3 nitrogen and oxygen atoms in total. The molecule has 1 unspecified atom stereocenters. The Hall–Kier alpha value is -1.51. The van der Waals surface area contributed by atoms with Crippen LogP contribution in [0.2, 0.25) is 0 Å². The van der Waals surface area contributed by atoms with Crippen molar-refractivity contribution in [3.8, 4) is 0 Å². The third kappa shape index (κ3) is 1.09. The molecule has 3 rings (SSSR count). The molecule has 1 amide bonds. The Morgan fingerprint density at radius 3 is 2.93 bits per heavy atom. The highest BCUT2D eigenvalue weighted by molar-refractivity contribution is 5.93. The lowest BCUT2D eigenvalue weighted by Crippen LogP contribution is -2.50. The van der Waals surface area contributed by atoms with Crippen LogP contribution in [0.25, 0.3) is 0 Å². The average Bonchev–Trinajstić information content (AvgIpc) is 2.64. The molecule has 2 heterocycles. The summed E-state index contributed by atoms with van der Waals surface area (Å²) in [6.07, 6.45) is 2.03. The monoisotopic (exact) mass is 202 g/mol. The number of amides is 1. The molecular weight excluding hydrogens is 188 g/mol. The van der Waals surface area contributed by atoms with Gasteiger partial charge in [-0.15, -0.1) is 0 Å². The van der Waals surface area contributed by atoms with E-state index in [1.807, 2.05) is 18.2 Å². The van der Waals surface area contributed by atoms with Crippen LogP contribution < -0.4 is 10.6 Å². The van der Waals surface area contributed by atoms with Crippen molar-refractivity contribution < 1.29 is 4.79 Å². The molecule has 0 bridgehead atoms. The molecule has 0 aliphatic carbocycles. The Morgan fingerprint density at radius 1 is 1.20 bits per heavy atom.